The average Bonchev–Trinajstić information content (AvgIpc) is 2.36. The Morgan fingerprint density at radius 3 is 2.42 bits per heavy atom. The third kappa shape index (κ3) is 4.36. The van der Waals surface area contributed by atoms with Crippen LogP contribution in [0.15, 0.2) is 0 Å². The smallest absolute Gasteiger partial charge is 0.329 e. The molecule has 1 aliphatic heterocycles. The standard InChI is InChI=1S/C12H23N3O4/c1-9(15(2)3)8-13-11(18)14-12(10(16)17)4-6-19-7-5-12/h9H,4-8H2,1-3H3,(H,16,17)(H2,13,14,18). The lowest BCUT2D eigenvalue weighted by atomic mass is 9.90. The number of nitrogens with one attached hydrogen (secondary N) is 2. The first kappa shape index (κ1) is 15.7. The van der Waals surface area contributed by atoms with Crippen molar-refractivity contribution in [2.45, 2.75) is 31.3 Å². The first-order valence-electron chi connectivity index (χ1n) is 6.41. The summed E-state index contributed by atoms with van der Waals surface area (Å²) in [7, 11) is 3.84. The lowest BCUT2D eigenvalue weighted by molar-refractivity contribution is -0.148. The molecule has 2 amide bonds. The summed E-state index contributed by atoms with van der Waals surface area (Å²) in [6.45, 7) is 3.13. The third-order valence-corrected chi connectivity index (χ3v) is 3.55. The number of carbonyl (C=O) groups is 2. The predicted molar refractivity (Wildman–Crippen MR) is 70.1 cm³/mol. The largest absolute Gasteiger partial charge is 0.480 e. The van der Waals surface area contributed by atoms with Crippen LogP contribution < -0.4 is 10.6 Å². The molecule has 0 aliphatic carbocycles. The zero-order chi connectivity index (χ0) is 14.5. The van der Waals surface area contributed by atoms with Crippen LogP contribution in [-0.4, -0.2) is 67.4 Å². The molecule has 1 rings (SSSR count). The summed E-state index contributed by atoms with van der Waals surface area (Å²) in [5.41, 5.74) is -1.20. The second kappa shape index (κ2) is 6.72. The lowest BCUT2D eigenvalue weighted by Gasteiger charge is -2.34. The van der Waals surface area contributed by atoms with Crippen molar-refractivity contribution < 1.29 is 19.4 Å². The van der Waals surface area contributed by atoms with E-state index >= 15 is 0 Å². The van der Waals surface area contributed by atoms with Gasteiger partial charge in [-0.2, -0.15) is 0 Å². The van der Waals surface area contributed by atoms with E-state index in [1.165, 1.54) is 0 Å². The highest BCUT2D eigenvalue weighted by molar-refractivity contribution is 5.86. The quantitative estimate of drug-likeness (QED) is 0.649. The molecule has 7 heteroatoms. The van der Waals surface area contributed by atoms with E-state index in [0.29, 0.717) is 32.6 Å². The molecule has 7 nitrogen and oxygen atoms in total. The van der Waals surface area contributed by atoms with Gasteiger partial charge in [0.2, 0.25) is 0 Å². The molecule has 0 saturated carbocycles. The van der Waals surface area contributed by atoms with Crippen LogP contribution in [0.1, 0.15) is 19.8 Å². The molecule has 1 aliphatic rings. The first-order chi connectivity index (χ1) is 8.87. The van der Waals surface area contributed by atoms with Crippen LogP contribution in [0, 0.1) is 0 Å². The molecule has 0 aromatic carbocycles. The highest BCUT2D eigenvalue weighted by Crippen LogP contribution is 2.20. The lowest BCUT2D eigenvalue weighted by Crippen LogP contribution is -2.60. The van der Waals surface area contributed by atoms with E-state index in [1.54, 1.807) is 0 Å². The van der Waals surface area contributed by atoms with Gasteiger partial charge in [-0.25, -0.2) is 9.59 Å². The van der Waals surface area contributed by atoms with Gasteiger partial charge in [0.1, 0.15) is 5.54 Å². The van der Waals surface area contributed by atoms with Crippen molar-refractivity contribution in [3.63, 3.8) is 0 Å². The van der Waals surface area contributed by atoms with Gasteiger partial charge in [-0.05, 0) is 21.0 Å². The maximum Gasteiger partial charge on any atom is 0.329 e. The number of ether oxygens (including phenoxy) is 1. The molecule has 1 atom stereocenters. The summed E-state index contributed by atoms with van der Waals surface area (Å²) in [5, 5.41) is 14.6. The van der Waals surface area contributed by atoms with Crippen molar-refractivity contribution in [1.82, 2.24) is 15.5 Å². The Labute approximate surface area is 113 Å². The minimum absolute atomic E-state index is 0.182. The van der Waals surface area contributed by atoms with Gasteiger partial charge in [-0.15, -0.1) is 0 Å². The monoisotopic (exact) mass is 273 g/mol. The second-order valence-corrected chi connectivity index (χ2v) is 5.15. The van der Waals surface area contributed by atoms with Crippen molar-refractivity contribution in [1.29, 1.82) is 0 Å². The van der Waals surface area contributed by atoms with Crippen LogP contribution in [0.5, 0.6) is 0 Å². The number of likely N-dealkylation sites (N-methyl/N-ethyl adjacent to an activating group) is 1. The Balaban J connectivity index is 2.50. The molecule has 0 bridgehead atoms. The topological polar surface area (TPSA) is 90.9 Å². The van der Waals surface area contributed by atoms with E-state index < -0.39 is 17.5 Å². The number of nitrogens with zero attached hydrogens (tertiary/aromatic N) is 1. The normalized spacial score (nSPS) is 19.8. The summed E-state index contributed by atoms with van der Waals surface area (Å²) in [5.74, 6) is -1.01. The van der Waals surface area contributed by atoms with Crippen molar-refractivity contribution >= 4 is 12.0 Å². The van der Waals surface area contributed by atoms with Crippen LogP contribution in [0.3, 0.4) is 0 Å². The summed E-state index contributed by atoms with van der Waals surface area (Å²) < 4.78 is 5.14. The zero-order valence-electron chi connectivity index (χ0n) is 11.7. The van der Waals surface area contributed by atoms with Crippen LogP contribution >= 0.6 is 0 Å². The van der Waals surface area contributed by atoms with Crippen molar-refractivity contribution in [2.75, 3.05) is 33.9 Å². The number of carbonyl (C=O) groups excluding carboxylic acids is 1. The summed E-state index contributed by atoms with van der Waals surface area (Å²) in [4.78, 5) is 25.1. The van der Waals surface area contributed by atoms with Crippen molar-refractivity contribution in [3.05, 3.63) is 0 Å². The molecule has 0 spiro atoms. The second-order valence-electron chi connectivity index (χ2n) is 5.15. The van der Waals surface area contributed by atoms with Crippen LogP contribution in [0.2, 0.25) is 0 Å². The van der Waals surface area contributed by atoms with Gasteiger partial charge in [0, 0.05) is 38.6 Å². The Kier molecular flexibility index (Phi) is 5.56. The van der Waals surface area contributed by atoms with Gasteiger partial charge in [0.05, 0.1) is 0 Å². The number of rotatable bonds is 5. The van der Waals surface area contributed by atoms with Crippen LogP contribution in [0.4, 0.5) is 4.79 Å². The summed E-state index contributed by atoms with van der Waals surface area (Å²) in [6.07, 6.45) is 0.581. The molecule has 1 unspecified atom stereocenters. The number of hydrogen-bond acceptors (Lipinski definition) is 4. The van der Waals surface area contributed by atoms with E-state index in [4.69, 9.17) is 4.74 Å². The van der Waals surface area contributed by atoms with Crippen molar-refractivity contribution in [3.8, 4) is 0 Å². The fraction of sp³-hybridized carbons (Fsp3) is 0.833. The molecule has 0 aromatic heterocycles. The van der Waals surface area contributed by atoms with E-state index in [-0.39, 0.29) is 6.04 Å². The molecule has 110 valence electrons. The van der Waals surface area contributed by atoms with Gasteiger partial charge in [-0.3, -0.25) is 0 Å². The maximum atomic E-state index is 11.8. The van der Waals surface area contributed by atoms with Gasteiger partial charge in [0.15, 0.2) is 0 Å². The molecule has 1 saturated heterocycles. The fourth-order valence-corrected chi connectivity index (χ4v) is 1.80. The molecule has 0 aromatic rings. The predicted octanol–water partition coefficient (Wildman–Crippen LogP) is -0.130. The minimum atomic E-state index is -1.20. The zero-order valence-corrected chi connectivity index (χ0v) is 11.7. The van der Waals surface area contributed by atoms with Gasteiger partial charge >= 0.3 is 12.0 Å². The first-order valence-corrected chi connectivity index (χ1v) is 6.41. The molecular formula is C12H23N3O4. The SMILES string of the molecule is CC(CNC(=O)NC1(C(=O)O)CCOCC1)N(C)C. The highest BCUT2D eigenvalue weighted by Gasteiger charge is 2.41. The summed E-state index contributed by atoms with van der Waals surface area (Å²) >= 11 is 0. The molecule has 0 radical (unpaired) electrons. The van der Waals surface area contributed by atoms with E-state index in [0.717, 1.165) is 0 Å². The number of carboxylic acids is 1. The number of urea groups is 1. The maximum absolute atomic E-state index is 11.8. The van der Waals surface area contributed by atoms with Crippen LogP contribution in [-0.2, 0) is 9.53 Å². The molecule has 1 fully saturated rings. The average molecular weight is 273 g/mol. The van der Waals surface area contributed by atoms with E-state index in [9.17, 15) is 14.7 Å². The van der Waals surface area contributed by atoms with Gasteiger partial charge < -0.3 is 25.4 Å². The Morgan fingerprint density at radius 1 is 1.37 bits per heavy atom. The number of aliphatic carboxylic acids is 1. The Hall–Kier alpha value is -1.34. The Morgan fingerprint density at radius 2 is 1.95 bits per heavy atom. The highest BCUT2D eigenvalue weighted by atomic mass is 16.5. The number of hydrogen-bond donors (Lipinski definition) is 3. The number of carboxylic acid groups (broad SMARTS) is 1. The molecule has 3 N–H and O–H groups in total. The van der Waals surface area contributed by atoms with Gasteiger partial charge in [0.25, 0.3) is 0 Å². The molecule has 1 heterocycles. The third-order valence-electron chi connectivity index (χ3n) is 3.55. The van der Waals surface area contributed by atoms with Gasteiger partial charge in [-0.1, -0.05) is 0 Å². The van der Waals surface area contributed by atoms with E-state index in [2.05, 4.69) is 10.6 Å². The molecule has 19 heavy (non-hydrogen) atoms. The van der Waals surface area contributed by atoms with E-state index in [1.807, 2.05) is 25.9 Å². The Bertz CT molecular complexity index is 327. The molecular weight excluding hydrogens is 250 g/mol. The van der Waals surface area contributed by atoms with Crippen molar-refractivity contribution in [2.24, 2.45) is 0 Å². The fourth-order valence-electron chi connectivity index (χ4n) is 1.80. The van der Waals surface area contributed by atoms with Crippen LogP contribution in [0.25, 0.3) is 0 Å². The minimum Gasteiger partial charge on any atom is -0.480 e. The number of amides is 2. The summed E-state index contributed by atoms with van der Waals surface area (Å²) in [6, 6.07) is -0.265.